The molecule has 5 heteroatoms. The van der Waals surface area contributed by atoms with Crippen molar-refractivity contribution in [3.63, 3.8) is 0 Å². The number of hydrogen-bond acceptors (Lipinski definition) is 3. The van der Waals surface area contributed by atoms with Crippen molar-refractivity contribution in [2.24, 2.45) is 5.92 Å². The van der Waals surface area contributed by atoms with Gasteiger partial charge in [-0.3, -0.25) is 9.59 Å². The van der Waals surface area contributed by atoms with Crippen molar-refractivity contribution in [2.75, 3.05) is 18.4 Å². The van der Waals surface area contributed by atoms with Gasteiger partial charge in [-0.2, -0.15) is 0 Å². The van der Waals surface area contributed by atoms with Crippen LogP contribution >= 0.6 is 0 Å². The monoisotopic (exact) mass is 318 g/mol. The third kappa shape index (κ3) is 5.36. The van der Waals surface area contributed by atoms with Gasteiger partial charge in [-0.25, -0.2) is 0 Å². The van der Waals surface area contributed by atoms with E-state index in [9.17, 15) is 14.7 Å². The molecule has 0 aromatic heterocycles. The van der Waals surface area contributed by atoms with Gasteiger partial charge >= 0.3 is 0 Å². The van der Waals surface area contributed by atoms with Gasteiger partial charge in [0, 0.05) is 30.8 Å². The van der Waals surface area contributed by atoms with Crippen LogP contribution in [-0.2, 0) is 4.79 Å². The molecule has 1 fully saturated rings. The summed E-state index contributed by atoms with van der Waals surface area (Å²) in [6.07, 6.45) is 2.45. The molecular formula is C18H26N2O3. The van der Waals surface area contributed by atoms with Crippen LogP contribution in [0.15, 0.2) is 24.3 Å². The summed E-state index contributed by atoms with van der Waals surface area (Å²) in [5, 5.41) is 12.5. The lowest BCUT2D eigenvalue weighted by Crippen LogP contribution is -2.42. The number of anilines is 1. The number of nitrogens with zero attached hydrogens (tertiary/aromatic N) is 1. The zero-order valence-electron chi connectivity index (χ0n) is 13.9. The molecule has 1 aliphatic rings. The Labute approximate surface area is 137 Å². The molecule has 2 N–H and O–H groups in total. The Bertz CT molecular complexity index is 557. The number of hydrogen-bond donors (Lipinski definition) is 2. The van der Waals surface area contributed by atoms with E-state index < -0.39 is 6.10 Å². The maximum absolute atomic E-state index is 12.5. The molecule has 1 aromatic carbocycles. The summed E-state index contributed by atoms with van der Waals surface area (Å²) >= 11 is 0. The Hall–Kier alpha value is -1.88. The molecule has 1 heterocycles. The highest BCUT2D eigenvalue weighted by atomic mass is 16.3. The Morgan fingerprint density at radius 1 is 1.39 bits per heavy atom. The lowest BCUT2D eigenvalue weighted by Gasteiger charge is -2.30. The summed E-state index contributed by atoms with van der Waals surface area (Å²) < 4.78 is 0. The number of β-amino-alcohol motifs (C(OH)–C–C–N with tert-alkyl or cyclic N) is 1. The molecular weight excluding hydrogens is 292 g/mol. The zero-order chi connectivity index (χ0) is 16.8. The molecule has 2 amide bonds. The van der Waals surface area contributed by atoms with Gasteiger partial charge in [-0.1, -0.05) is 19.9 Å². The first-order valence-corrected chi connectivity index (χ1v) is 8.33. The van der Waals surface area contributed by atoms with Gasteiger partial charge in [-0.05, 0) is 43.4 Å². The first-order valence-electron chi connectivity index (χ1n) is 8.33. The molecule has 1 aromatic rings. The van der Waals surface area contributed by atoms with Crippen molar-refractivity contribution in [3.05, 3.63) is 29.8 Å². The first kappa shape index (κ1) is 17.5. The number of piperidine rings is 1. The van der Waals surface area contributed by atoms with Crippen molar-refractivity contribution in [3.8, 4) is 0 Å². The van der Waals surface area contributed by atoms with Crippen molar-refractivity contribution in [1.82, 2.24) is 4.90 Å². The number of amides is 2. The molecule has 1 saturated heterocycles. The number of benzene rings is 1. The Kier molecular flexibility index (Phi) is 6.16. The van der Waals surface area contributed by atoms with E-state index >= 15 is 0 Å². The molecule has 126 valence electrons. The van der Waals surface area contributed by atoms with Crippen LogP contribution in [0.5, 0.6) is 0 Å². The number of nitrogens with one attached hydrogen (secondary N) is 1. The largest absolute Gasteiger partial charge is 0.391 e. The average Bonchev–Trinajstić information content (AvgIpc) is 2.52. The minimum Gasteiger partial charge on any atom is -0.391 e. The van der Waals surface area contributed by atoms with Gasteiger partial charge in [0.05, 0.1) is 6.10 Å². The first-order chi connectivity index (χ1) is 11.0. The Balaban J connectivity index is 1.98. The highest BCUT2D eigenvalue weighted by molar-refractivity contribution is 5.97. The van der Waals surface area contributed by atoms with E-state index in [1.165, 1.54) is 0 Å². The molecule has 0 saturated carbocycles. The molecule has 1 aliphatic heterocycles. The van der Waals surface area contributed by atoms with E-state index in [-0.39, 0.29) is 11.8 Å². The van der Waals surface area contributed by atoms with E-state index in [2.05, 4.69) is 19.2 Å². The highest BCUT2D eigenvalue weighted by Gasteiger charge is 2.23. The second-order valence-corrected chi connectivity index (χ2v) is 6.61. The lowest BCUT2D eigenvalue weighted by atomic mass is 10.1. The van der Waals surface area contributed by atoms with Crippen molar-refractivity contribution in [2.45, 2.75) is 45.6 Å². The van der Waals surface area contributed by atoms with Crippen LogP contribution in [0.25, 0.3) is 0 Å². The predicted octanol–water partition coefficient (Wildman–Crippen LogP) is 2.66. The Morgan fingerprint density at radius 2 is 2.17 bits per heavy atom. The van der Waals surface area contributed by atoms with E-state index in [4.69, 9.17) is 0 Å². The van der Waals surface area contributed by atoms with Crippen LogP contribution in [0.2, 0.25) is 0 Å². The summed E-state index contributed by atoms with van der Waals surface area (Å²) in [6, 6.07) is 7.00. The summed E-state index contributed by atoms with van der Waals surface area (Å²) in [7, 11) is 0. The fourth-order valence-electron chi connectivity index (χ4n) is 2.70. The molecule has 0 unspecified atom stereocenters. The highest BCUT2D eigenvalue weighted by Crippen LogP contribution is 2.17. The third-order valence-electron chi connectivity index (χ3n) is 4.03. The molecule has 1 atom stereocenters. The molecule has 0 aliphatic carbocycles. The average molecular weight is 318 g/mol. The van der Waals surface area contributed by atoms with Crippen molar-refractivity contribution in [1.29, 1.82) is 0 Å². The summed E-state index contributed by atoms with van der Waals surface area (Å²) in [4.78, 5) is 26.1. The SMILES string of the molecule is CC(C)CCC(=O)Nc1cccc(C(=O)N2CCC[C@@H](O)C2)c1. The fourth-order valence-corrected chi connectivity index (χ4v) is 2.70. The summed E-state index contributed by atoms with van der Waals surface area (Å²) in [5.74, 6) is 0.359. The second-order valence-electron chi connectivity index (χ2n) is 6.61. The van der Waals surface area contributed by atoms with Crippen LogP contribution < -0.4 is 5.32 Å². The van der Waals surface area contributed by atoms with Gasteiger partial charge in [0.2, 0.25) is 5.91 Å². The molecule has 0 bridgehead atoms. The topological polar surface area (TPSA) is 69.6 Å². The number of aliphatic hydroxyl groups is 1. The standard InChI is InChI=1S/C18H26N2O3/c1-13(2)8-9-17(22)19-15-6-3-5-14(11-15)18(23)20-10-4-7-16(21)12-20/h3,5-6,11,13,16,21H,4,7-10,12H2,1-2H3,(H,19,22)/t16-/m1/s1. The molecule has 2 rings (SSSR count). The molecule has 23 heavy (non-hydrogen) atoms. The van der Waals surface area contributed by atoms with Crippen LogP contribution in [0.1, 0.15) is 49.9 Å². The van der Waals surface area contributed by atoms with Crippen LogP contribution in [0.4, 0.5) is 5.69 Å². The molecule has 0 spiro atoms. The van der Waals surface area contributed by atoms with Crippen LogP contribution in [0, 0.1) is 5.92 Å². The number of aliphatic hydroxyl groups excluding tert-OH is 1. The van der Waals surface area contributed by atoms with E-state index in [0.717, 1.165) is 19.3 Å². The normalized spacial score (nSPS) is 18.1. The number of likely N-dealkylation sites (tertiary alicyclic amines) is 1. The smallest absolute Gasteiger partial charge is 0.254 e. The molecule has 0 radical (unpaired) electrons. The van der Waals surface area contributed by atoms with Gasteiger partial charge in [0.1, 0.15) is 0 Å². The quantitative estimate of drug-likeness (QED) is 0.877. The number of carbonyl (C=O) groups is 2. The van der Waals surface area contributed by atoms with E-state index in [1.807, 2.05) is 0 Å². The maximum atomic E-state index is 12.5. The van der Waals surface area contributed by atoms with Gasteiger partial charge < -0.3 is 15.3 Å². The lowest BCUT2D eigenvalue weighted by molar-refractivity contribution is -0.116. The maximum Gasteiger partial charge on any atom is 0.254 e. The Morgan fingerprint density at radius 3 is 2.87 bits per heavy atom. The second kappa shape index (κ2) is 8.11. The third-order valence-corrected chi connectivity index (χ3v) is 4.03. The molecule has 5 nitrogen and oxygen atoms in total. The van der Waals surface area contributed by atoms with Gasteiger partial charge in [0.25, 0.3) is 5.91 Å². The minimum absolute atomic E-state index is 0.0308. The zero-order valence-corrected chi connectivity index (χ0v) is 13.9. The fraction of sp³-hybridized carbons (Fsp3) is 0.556. The predicted molar refractivity (Wildman–Crippen MR) is 90.3 cm³/mol. The van der Waals surface area contributed by atoms with Crippen molar-refractivity contribution < 1.29 is 14.7 Å². The van der Waals surface area contributed by atoms with E-state index in [1.54, 1.807) is 29.2 Å². The summed E-state index contributed by atoms with van der Waals surface area (Å²) in [6.45, 7) is 5.21. The minimum atomic E-state index is -0.438. The van der Waals surface area contributed by atoms with Crippen LogP contribution in [0.3, 0.4) is 0 Å². The number of carbonyl (C=O) groups excluding carboxylic acids is 2. The van der Waals surface area contributed by atoms with E-state index in [0.29, 0.717) is 36.7 Å². The van der Waals surface area contributed by atoms with Gasteiger partial charge in [0.15, 0.2) is 0 Å². The van der Waals surface area contributed by atoms with Crippen LogP contribution in [-0.4, -0.2) is 41.0 Å². The summed E-state index contributed by atoms with van der Waals surface area (Å²) in [5.41, 5.74) is 1.18. The number of rotatable bonds is 5. The van der Waals surface area contributed by atoms with Crippen molar-refractivity contribution >= 4 is 17.5 Å². The van der Waals surface area contributed by atoms with Gasteiger partial charge in [-0.15, -0.1) is 0 Å².